The van der Waals surface area contributed by atoms with E-state index in [1.54, 1.807) is 6.92 Å². The molecule has 236 valence electrons. The van der Waals surface area contributed by atoms with Crippen molar-refractivity contribution in [1.82, 2.24) is 35.5 Å². The van der Waals surface area contributed by atoms with Crippen LogP contribution in [0.25, 0.3) is 44.4 Å². The van der Waals surface area contributed by atoms with Crippen LogP contribution in [-0.2, 0) is 15.1 Å². The number of rotatable bonds is 7. The minimum Gasteiger partial charge on any atom is -0.453 e. The Hall–Kier alpha value is -4.96. The van der Waals surface area contributed by atoms with Crippen molar-refractivity contribution in [3.63, 3.8) is 0 Å². The van der Waals surface area contributed by atoms with Gasteiger partial charge in [-0.25, -0.2) is 14.8 Å². The van der Waals surface area contributed by atoms with E-state index in [1.165, 1.54) is 24.3 Å². The predicted octanol–water partition coefficient (Wildman–Crippen LogP) is 6.29. The van der Waals surface area contributed by atoms with Crippen LogP contribution in [0.5, 0.6) is 0 Å². The van der Waals surface area contributed by atoms with Gasteiger partial charge in [-0.05, 0) is 85.7 Å². The molecule has 5 aromatic rings. The average Bonchev–Trinajstić information content (AvgIpc) is 3.91. The number of hydrogen-bond acceptors (Lipinski definition) is 6. The number of likely N-dealkylation sites (tertiary alicyclic amines) is 1. The Morgan fingerprint density at radius 3 is 2.33 bits per heavy atom. The molecular formula is C36H39N7O3. The third-order valence-electron chi connectivity index (χ3n) is 9.55. The fraction of sp³-hybridized carbons (Fsp3) is 0.333. The van der Waals surface area contributed by atoms with Crippen molar-refractivity contribution in [2.24, 2.45) is 0 Å². The molecule has 2 amide bonds. The van der Waals surface area contributed by atoms with Gasteiger partial charge in [0, 0.05) is 12.1 Å². The molecule has 2 saturated heterocycles. The van der Waals surface area contributed by atoms with Crippen LogP contribution in [-0.4, -0.2) is 63.1 Å². The molecule has 2 fully saturated rings. The van der Waals surface area contributed by atoms with Crippen molar-refractivity contribution < 1.29 is 14.3 Å². The summed E-state index contributed by atoms with van der Waals surface area (Å²) in [5, 5.41) is 8.45. The Kier molecular flexibility index (Phi) is 7.82. The Labute approximate surface area is 268 Å². The molecule has 0 bridgehead atoms. The molecule has 10 nitrogen and oxygen atoms in total. The molecule has 4 heterocycles. The number of imidazole rings is 2. The average molecular weight is 618 g/mol. The number of nitrogens with zero attached hydrogens (tertiary/aromatic N) is 3. The number of benzene rings is 3. The van der Waals surface area contributed by atoms with Gasteiger partial charge in [-0.15, -0.1) is 0 Å². The molecule has 0 saturated carbocycles. The van der Waals surface area contributed by atoms with Crippen molar-refractivity contribution in [3.05, 3.63) is 84.7 Å². The van der Waals surface area contributed by atoms with Crippen LogP contribution in [0, 0.1) is 0 Å². The highest BCUT2D eigenvalue weighted by molar-refractivity contribution is 5.90. The normalized spacial score (nSPS) is 20.2. The summed E-state index contributed by atoms with van der Waals surface area (Å²) in [6.45, 7) is 5.35. The minimum atomic E-state index is -0.701. The number of aromatic nitrogens is 4. The van der Waals surface area contributed by atoms with Gasteiger partial charge in [0.25, 0.3) is 0 Å². The number of fused-ring (bicyclic) bond motifs is 1. The van der Waals surface area contributed by atoms with E-state index in [9.17, 15) is 9.59 Å². The van der Waals surface area contributed by atoms with Crippen LogP contribution in [0.4, 0.5) is 4.79 Å². The molecule has 0 radical (unpaired) electrons. The maximum absolute atomic E-state index is 13.3. The summed E-state index contributed by atoms with van der Waals surface area (Å²) in [4.78, 5) is 43.1. The topological polar surface area (TPSA) is 128 Å². The number of carbonyl (C=O) groups excluding carboxylic acids is 2. The zero-order valence-corrected chi connectivity index (χ0v) is 26.4. The largest absolute Gasteiger partial charge is 0.453 e. The van der Waals surface area contributed by atoms with Gasteiger partial charge in [-0.3, -0.25) is 4.79 Å². The van der Waals surface area contributed by atoms with Gasteiger partial charge in [-0.1, -0.05) is 48.5 Å². The third kappa shape index (κ3) is 5.53. The first-order valence-electron chi connectivity index (χ1n) is 16.0. The fourth-order valence-corrected chi connectivity index (χ4v) is 6.85. The number of carbonyl (C=O) groups is 2. The number of alkyl carbamates (subject to hydrolysis) is 1. The Morgan fingerprint density at radius 2 is 1.59 bits per heavy atom. The van der Waals surface area contributed by atoms with Gasteiger partial charge < -0.3 is 30.2 Å². The van der Waals surface area contributed by atoms with E-state index in [4.69, 9.17) is 4.98 Å². The quantitative estimate of drug-likeness (QED) is 0.170. The second-order valence-electron chi connectivity index (χ2n) is 12.6. The molecule has 10 heteroatoms. The number of amides is 2. The zero-order chi connectivity index (χ0) is 31.8. The zero-order valence-electron chi connectivity index (χ0n) is 26.4. The summed E-state index contributed by atoms with van der Waals surface area (Å²) < 4.78 is 4.67. The number of hydrogen-bond donors (Lipinski definition) is 4. The minimum absolute atomic E-state index is 0.161. The molecule has 0 unspecified atom stereocenters. The Balaban J connectivity index is 1.06. The first kappa shape index (κ1) is 29.7. The number of aromatic amines is 2. The van der Waals surface area contributed by atoms with Crippen LogP contribution in [0.2, 0.25) is 0 Å². The van der Waals surface area contributed by atoms with Gasteiger partial charge in [-0.2, -0.15) is 0 Å². The molecule has 4 N–H and O–H groups in total. The lowest BCUT2D eigenvalue weighted by Crippen LogP contribution is -2.52. The molecule has 7 rings (SSSR count). The van der Waals surface area contributed by atoms with Crippen LogP contribution in [0.15, 0.2) is 73.1 Å². The Bertz CT molecular complexity index is 1890. The van der Waals surface area contributed by atoms with E-state index in [0.29, 0.717) is 12.6 Å². The smallest absolute Gasteiger partial charge is 0.407 e. The van der Waals surface area contributed by atoms with Gasteiger partial charge in [0.15, 0.2) is 0 Å². The molecule has 3 aromatic carbocycles. The van der Waals surface area contributed by atoms with Crippen LogP contribution >= 0.6 is 0 Å². The first-order chi connectivity index (χ1) is 22.3. The lowest BCUT2D eigenvalue weighted by Gasteiger charge is -2.35. The van der Waals surface area contributed by atoms with Crippen molar-refractivity contribution >= 4 is 22.8 Å². The van der Waals surface area contributed by atoms with Gasteiger partial charge in [0.05, 0.1) is 42.5 Å². The standard InChI is InChI=1S/C36H39N7O3/c1-22(40-35(45)46-3)33(44)43-17-5-15-36(43,2)34-39-21-30(42-34)24-9-7-23(8-10-24)25-11-12-27-19-28(14-13-26(27)18-25)31-20-38-32(41-31)29-6-4-16-37-29/h7-14,18-22,29,37H,4-6,15-17H2,1-3H3,(H,38,41)(H,39,42)(H,40,45)/t22-,29-,36-/m0/s1. The maximum atomic E-state index is 13.3. The molecule has 3 atom stereocenters. The van der Waals surface area contributed by atoms with E-state index in [2.05, 4.69) is 91.0 Å². The highest BCUT2D eigenvalue weighted by atomic mass is 16.5. The summed E-state index contributed by atoms with van der Waals surface area (Å²) in [5.74, 6) is 1.59. The summed E-state index contributed by atoms with van der Waals surface area (Å²) >= 11 is 0. The van der Waals surface area contributed by atoms with E-state index in [0.717, 1.165) is 71.1 Å². The molecule has 2 aliphatic rings. The highest BCUT2D eigenvalue weighted by Crippen LogP contribution is 2.38. The molecule has 46 heavy (non-hydrogen) atoms. The van der Waals surface area contributed by atoms with Gasteiger partial charge >= 0.3 is 6.09 Å². The summed E-state index contributed by atoms with van der Waals surface area (Å²) in [6.07, 6.45) is 7.08. The predicted molar refractivity (Wildman–Crippen MR) is 178 cm³/mol. The first-order valence-corrected chi connectivity index (χ1v) is 16.0. The lowest BCUT2D eigenvalue weighted by atomic mass is 9.97. The molecule has 0 aliphatic carbocycles. The molecule has 0 spiro atoms. The second kappa shape index (κ2) is 12.1. The summed E-state index contributed by atoms with van der Waals surface area (Å²) in [5.41, 5.74) is 5.75. The van der Waals surface area contributed by atoms with Crippen molar-refractivity contribution in [2.45, 2.75) is 57.2 Å². The van der Waals surface area contributed by atoms with Crippen molar-refractivity contribution in [3.8, 4) is 33.6 Å². The SMILES string of the molecule is COC(=O)N[C@@H](C)C(=O)N1CCC[C@@]1(C)c1ncc(-c2ccc(-c3ccc4cc(-c5cnc([C@@H]6CCCN6)[nH]5)ccc4c3)cc2)[nH]1. The number of nitrogens with one attached hydrogen (secondary N) is 4. The summed E-state index contributed by atoms with van der Waals surface area (Å²) in [6, 6.07) is 21.2. The van der Waals surface area contributed by atoms with E-state index in [1.807, 2.05) is 24.2 Å². The van der Waals surface area contributed by atoms with E-state index < -0.39 is 17.7 Å². The van der Waals surface area contributed by atoms with Crippen molar-refractivity contribution in [1.29, 1.82) is 0 Å². The van der Waals surface area contributed by atoms with Gasteiger partial charge in [0.1, 0.15) is 17.7 Å². The maximum Gasteiger partial charge on any atom is 0.407 e. The number of ether oxygens (including phenoxy) is 1. The van der Waals surface area contributed by atoms with Crippen molar-refractivity contribution in [2.75, 3.05) is 20.2 Å². The number of methoxy groups -OCH3 is 1. The molecule has 2 aromatic heterocycles. The van der Waals surface area contributed by atoms with E-state index in [-0.39, 0.29) is 5.91 Å². The second-order valence-corrected chi connectivity index (χ2v) is 12.6. The summed E-state index contributed by atoms with van der Waals surface area (Å²) in [7, 11) is 1.28. The van der Waals surface area contributed by atoms with Crippen LogP contribution < -0.4 is 10.6 Å². The Morgan fingerprint density at radius 1 is 0.913 bits per heavy atom. The lowest BCUT2D eigenvalue weighted by molar-refractivity contribution is -0.137. The number of H-pyrrole nitrogens is 2. The third-order valence-corrected chi connectivity index (χ3v) is 9.55. The van der Waals surface area contributed by atoms with Gasteiger partial charge in [0.2, 0.25) is 5.91 Å². The highest BCUT2D eigenvalue weighted by Gasteiger charge is 2.44. The molecular weight excluding hydrogens is 578 g/mol. The fourth-order valence-electron chi connectivity index (χ4n) is 6.85. The van der Waals surface area contributed by atoms with Crippen LogP contribution in [0.1, 0.15) is 57.2 Å². The monoisotopic (exact) mass is 617 g/mol. The van der Waals surface area contributed by atoms with Crippen LogP contribution in [0.3, 0.4) is 0 Å². The molecule has 2 aliphatic heterocycles. The van der Waals surface area contributed by atoms with E-state index >= 15 is 0 Å².